The van der Waals surface area contributed by atoms with Crippen molar-refractivity contribution in [2.24, 2.45) is 0 Å². The van der Waals surface area contributed by atoms with E-state index in [1.807, 2.05) is 43.3 Å². The molecule has 0 fully saturated rings. The van der Waals surface area contributed by atoms with Crippen molar-refractivity contribution in [2.75, 3.05) is 17.7 Å². The third-order valence-electron chi connectivity index (χ3n) is 3.26. The minimum atomic E-state index is 0.367. The van der Waals surface area contributed by atoms with Crippen LogP contribution in [-0.4, -0.2) is 22.3 Å². The van der Waals surface area contributed by atoms with E-state index in [0.29, 0.717) is 22.5 Å². The summed E-state index contributed by atoms with van der Waals surface area (Å²) in [5.74, 6) is 1.63. The number of aryl methyl sites for hydroxylation is 1. The van der Waals surface area contributed by atoms with E-state index in [1.165, 1.54) is 0 Å². The van der Waals surface area contributed by atoms with Gasteiger partial charge in [0.15, 0.2) is 5.82 Å². The largest absolute Gasteiger partial charge is 0.495 e. The normalized spacial score (nSPS) is 10.3. The van der Waals surface area contributed by atoms with Crippen molar-refractivity contribution in [2.45, 2.75) is 6.92 Å². The molecule has 2 aromatic carbocycles. The number of hydrogen-bond donors (Lipinski definition) is 2. The van der Waals surface area contributed by atoms with Crippen molar-refractivity contribution < 1.29 is 4.74 Å². The molecule has 0 saturated carbocycles. The summed E-state index contributed by atoms with van der Waals surface area (Å²) in [6.45, 7) is 2.00. The highest BCUT2D eigenvalue weighted by atomic mass is 35.5. The van der Waals surface area contributed by atoms with Crippen LogP contribution in [0.15, 0.2) is 48.7 Å². The first-order chi connectivity index (χ1) is 11.6. The number of halogens is 1. The Morgan fingerprint density at radius 2 is 1.96 bits per heavy atom. The minimum absolute atomic E-state index is 0.367. The van der Waals surface area contributed by atoms with Gasteiger partial charge in [-0.25, -0.2) is 0 Å². The van der Waals surface area contributed by atoms with E-state index >= 15 is 0 Å². The lowest BCUT2D eigenvalue weighted by atomic mass is 10.2. The Kier molecular flexibility index (Phi) is 4.77. The zero-order valence-corrected chi connectivity index (χ0v) is 14.0. The van der Waals surface area contributed by atoms with Crippen LogP contribution < -0.4 is 15.4 Å². The zero-order chi connectivity index (χ0) is 16.9. The number of methoxy groups -OCH3 is 1. The van der Waals surface area contributed by atoms with Crippen LogP contribution in [0.2, 0.25) is 5.02 Å². The molecule has 7 heteroatoms. The lowest BCUT2D eigenvalue weighted by molar-refractivity contribution is 0.416. The van der Waals surface area contributed by atoms with Crippen LogP contribution in [0.25, 0.3) is 0 Å². The third kappa shape index (κ3) is 3.91. The first-order valence-electron chi connectivity index (χ1n) is 7.28. The van der Waals surface area contributed by atoms with E-state index in [1.54, 1.807) is 19.4 Å². The number of benzene rings is 2. The molecule has 0 aliphatic rings. The van der Waals surface area contributed by atoms with Gasteiger partial charge >= 0.3 is 0 Å². The van der Waals surface area contributed by atoms with Crippen molar-refractivity contribution in [3.8, 4) is 5.75 Å². The summed E-state index contributed by atoms with van der Waals surface area (Å²) < 4.78 is 5.34. The quantitative estimate of drug-likeness (QED) is 0.719. The Morgan fingerprint density at radius 3 is 2.75 bits per heavy atom. The molecule has 0 atom stereocenters. The Labute approximate surface area is 144 Å². The predicted molar refractivity (Wildman–Crippen MR) is 95.6 cm³/mol. The van der Waals surface area contributed by atoms with Crippen molar-refractivity contribution in [1.82, 2.24) is 15.2 Å². The maximum atomic E-state index is 5.98. The number of nitrogens with one attached hydrogen (secondary N) is 2. The lowest BCUT2D eigenvalue weighted by Gasteiger charge is -2.11. The molecule has 0 aliphatic heterocycles. The van der Waals surface area contributed by atoms with Crippen LogP contribution in [0, 0.1) is 6.92 Å². The first-order valence-corrected chi connectivity index (χ1v) is 7.66. The average Bonchev–Trinajstić information content (AvgIpc) is 2.55. The van der Waals surface area contributed by atoms with Crippen LogP contribution in [0.1, 0.15) is 5.56 Å². The summed E-state index contributed by atoms with van der Waals surface area (Å²) in [6.07, 6.45) is 1.54. The smallest absolute Gasteiger partial charge is 0.249 e. The van der Waals surface area contributed by atoms with E-state index in [9.17, 15) is 0 Å². The highest BCUT2D eigenvalue weighted by Gasteiger charge is 2.07. The molecule has 0 radical (unpaired) electrons. The van der Waals surface area contributed by atoms with Gasteiger partial charge in [0.05, 0.1) is 19.0 Å². The van der Waals surface area contributed by atoms with Gasteiger partial charge in [0.25, 0.3) is 0 Å². The van der Waals surface area contributed by atoms with Crippen LogP contribution in [0.3, 0.4) is 0 Å². The first kappa shape index (κ1) is 16.0. The maximum absolute atomic E-state index is 5.98. The Morgan fingerprint density at radius 1 is 1.08 bits per heavy atom. The highest BCUT2D eigenvalue weighted by Crippen LogP contribution is 2.27. The van der Waals surface area contributed by atoms with Gasteiger partial charge in [0.2, 0.25) is 5.95 Å². The van der Waals surface area contributed by atoms with Gasteiger partial charge in [-0.2, -0.15) is 10.1 Å². The SMILES string of the molecule is COc1ccc(C)cc1Nc1nncc(Nc2cccc(Cl)c2)n1. The standard InChI is InChI=1S/C17H16ClN5O/c1-11-6-7-15(24-2)14(8-11)21-17-22-16(10-19-23-17)20-13-5-3-4-12(18)9-13/h3-10H,1-2H3,(H2,20,21,22,23). The van der Waals surface area contributed by atoms with Crippen molar-refractivity contribution in [3.63, 3.8) is 0 Å². The number of aromatic nitrogens is 3. The van der Waals surface area contributed by atoms with Crippen LogP contribution in [0.4, 0.5) is 23.1 Å². The number of ether oxygens (including phenoxy) is 1. The van der Waals surface area contributed by atoms with Gasteiger partial charge in [0, 0.05) is 10.7 Å². The molecule has 0 aliphatic carbocycles. The molecule has 1 heterocycles. The average molecular weight is 342 g/mol. The molecule has 3 rings (SSSR count). The lowest BCUT2D eigenvalue weighted by Crippen LogP contribution is -2.03. The second kappa shape index (κ2) is 7.14. The summed E-state index contributed by atoms with van der Waals surface area (Å²) in [7, 11) is 1.62. The molecular weight excluding hydrogens is 326 g/mol. The van der Waals surface area contributed by atoms with Gasteiger partial charge in [-0.1, -0.05) is 23.7 Å². The molecule has 0 bridgehead atoms. The Hall–Kier alpha value is -2.86. The van der Waals surface area contributed by atoms with E-state index in [-0.39, 0.29) is 0 Å². The number of rotatable bonds is 5. The zero-order valence-electron chi connectivity index (χ0n) is 13.2. The number of anilines is 4. The third-order valence-corrected chi connectivity index (χ3v) is 3.49. The van der Waals surface area contributed by atoms with Crippen molar-refractivity contribution in [1.29, 1.82) is 0 Å². The number of hydrogen-bond acceptors (Lipinski definition) is 6. The van der Waals surface area contributed by atoms with Crippen LogP contribution >= 0.6 is 11.6 Å². The molecule has 122 valence electrons. The van der Waals surface area contributed by atoms with Gasteiger partial charge in [-0.15, -0.1) is 5.10 Å². The van der Waals surface area contributed by atoms with E-state index < -0.39 is 0 Å². The molecule has 2 N–H and O–H groups in total. The fraction of sp³-hybridized carbons (Fsp3) is 0.118. The molecule has 0 saturated heterocycles. The van der Waals surface area contributed by atoms with Crippen molar-refractivity contribution >= 4 is 34.7 Å². The van der Waals surface area contributed by atoms with Gasteiger partial charge in [0.1, 0.15) is 5.75 Å². The van der Waals surface area contributed by atoms with E-state index in [2.05, 4.69) is 25.8 Å². The predicted octanol–water partition coefficient (Wildman–Crippen LogP) is 4.33. The molecule has 0 amide bonds. The molecule has 0 unspecified atom stereocenters. The summed E-state index contributed by atoms with van der Waals surface area (Å²) >= 11 is 5.98. The van der Waals surface area contributed by atoms with Gasteiger partial charge in [-0.05, 0) is 42.8 Å². The second-order valence-electron chi connectivity index (χ2n) is 5.13. The summed E-state index contributed by atoms with van der Waals surface area (Å²) in [6, 6.07) is 13.2. The summed E-state index contributed by atoms with van der Waals surface area (Å²) in [4.78, 5) is 4.40. The van der Waals surface area contributed by atoms with Crippen LogP contribution in [-0.2, 0) is 0 Å². The second-order valence-corrected chi connectivity index (χ2v) is 5.57. The van der Waals surface area contributed by atoms with E-state index in [4.69, 9.17) is 16.3 Å². The molecule has 6 nitrogen and oxygen atoms in total. The fourth-order valence-corrected chi connectivity index (χ4v) is 2.36. The number of nitrogens with zero attached hydrogens (tertiary/aromatic N) is 3. The highest BCUT2D eigenvalue weighted by molar-refractivity contribution is 6.30. The van der Waals surface area contributed by atoms with Crippen molar-refractivity contribution in [3.05, 3.63) is 59.2 Å². The maximum Gasteiger partial charge on any atom is 0.249 e. The fourth-order valence-electron chi connectivity index (χ4n) is 2.17. The Bertz CT molecular complexity index is 856. The van der Waals surface area contributed by atoms with E-state index in [0.717, 1.165) is 16.9 Å². The van der Waals surface area contributed by atoms with Crippen LogP contribution in [0.5, 0.6) is 5.75 Å². The molecule has 24 heavy (non-hydrogen) atoms. The molecule has 3 aromatic rings. The summed E-state index contributed by atoms with van der Waals surface area (Å²) in [5, 5.41) is 14.9. The van der Waals surface area contributed by atoms with Gasteiger partial charge < -0.3 is 15.4 Å². The summed E-state index contributed by atoms with van der Waals surface area (Å²) in [5.41, 5.74) is 2.70. The monoisotopic (exact) mass is 341 g/mol. The minimum Gasteiger partial charge on any atom is -0.495 e. The topological polar surface area (TPSA) is 72.0 Å². The molecular formula is C17H16ClN5O. The molecule has 1 aromatic heterocycles. The van der Waals surface area contributed by atoms with Gasteiger partial charge in [-0.3, -0.25) is 0 Å². The molecule has 0 spiro atoms. The Balaban J connectivity index is 1.82.